The molecule has 2 heterocycles. The van der Waals surface area contributed by atoms with Crippen molar-refractivity contribution in [3.8, 4) is 0 Å². The van der Waals surface area contributed by atoms with Crippen molar-refractivity contribution in [3.63, 3.8) is 0 Å². The van der Waals surface area contributed by atoms with Gasteiger partial charge in [0.25, 0.3) is 0 Å². The number of aliphatic imine (C=N–C) groups is 1. The molecule has 0 amide bonds. The lowest BCUT2D eigenvalue weighted by atomic mass is 9.89. The van der Waals surface area contributed by atoms with Gasteiger partial charge < -0.3 is 20.8 Å². The van der Waals surface area contributed by atoms with Gasteiger partial charge >= 0.3 is 5.97 Å². The number of hydrogen-bond acceptors (Lipinski definition) is 6. The Labute approximate surface area is 133 Å². The summed E-state index contributed by atoms with van der Waals surface area (Å²) >= 11 is 0. The van der Waals surface area contributed by atoms with Crippen LogP contribution in [0.5, 0.6) is 0 Å². The number of aliphatic carboxylic acids is 1. The number of carbonyl (C=O) groups excluding carboxylic acids is 1. The van der Waals surface area contributed by atoms with Crippen LogP contribution in [0.3, 0.4) is 0 Å². The van der Waals surface area contributed by atoms with Gasteiger partial charge in [0.05, 0.1) is 11.8 Å². The molecule has 3 rings (SSSR count). The predicted molar refractivity (Wildman–Crippen MR) is 83.7 cm³/mol. The number of nitrogens with zero attached hydrogens (tertiary/aromatic N) is 2. The van der Waals surface area contributed by atoms with E-state index in [0.29, 0.717) is 37.3 Å². The number of aliphatic hydroxyl groups excluding tert-OH is 1. The van der Waals surface area contributed by atoms with E-state index in [1.54, 1.807) is 29.2 Å². The summed E-state index contributed by atoms with van der Waals surface area (Å²) in [5.41, 5.74) is 6.49. The van der Waals surface area contributed by atoms with Crippen LogP contribution in [-0.4, -0.2) is 58.4 Å². The molecule has 0 radical (unpaired) electrons. The lowest BCUT2D eigenvalue weighted by molar-refractivity contribution is -0.138. The molecule has 7 nitrogen and oxygen atoms in total. The predicted octanol–water partition coefficient (Wildman–Crippen LogP) is 0.255. The minimum absolute atomic E-state index is 0.159. The first-order valence-corrected chi connectivity index (χ1v) is 7.60. The number of nitrogens with two attached hydrogens (primary N) is 1. The highest BCUT2D eigenvalue weighted by atomic mass is 16.4. The van der Waals surface area contributed by atoms with E-state index >= 15 is 0 Å². The molecule has 2 aliphatic heterocycles. The second kappa shape index (κ2) is 6.10. The number of fused-ring (bicyclic) bond motifs is 1. The van der Waals surface area contributed by atoms with Gasteiger partial charge in [0, 0.05) is 24.6 Å². The van der Waals surface area contributed by atoms with Crippen molar-refractivity contribution in [2.45, 2.75) is 12.5 Å². The van der Waals surface area contributed by atoms with Gasteiger partial charge in [-0.2, -0.15) is 0 Å². The zero-order chi connectivity index (χ0) is 16.6. The summed E-state index contributed by atoms with van der Waals surface area (Å²) in [6, 6.07) is 6.75. The molecule has 7 heteroatoms. The largest absolute Gasteiger partial charge is 0.480 e. The highest BCUT2D eigenvalue weighted by Gasteiger charge is 2.41. The van der Waals surface area contributed by atoms with Crippen LogP contribution >= 0.6 is 0 Å². The first kappa shape index (κ1) is 15.6. The van der Waals surface area contributed by atoms with E-state index < -0.39 is 23.8 Å². The van der Waals surface area contributed by atoms with Gasteiger partial charge in [0.2, 0.25) is 0 Å². The SMILES string of the molecule is NCC1CN(C2=Nc3ccccc3C(=O)C2C(=O)O)CCC1O. The Balaban J connectivity index is 2.00. The van der Waals surface area contributed by atoms with Crippen LogP contribution in [-0.2, 0) is 4.79 Å². The summed E-state index contributed by atoms with van der Waals surface area (Å²) in [5.74, 6) is -2.88. The Hall–Kier alpha value is -2.25. The lowest BCUT2D eigenvalue weighted by Gasteiger charge is -2.39. The van der Waals surface area contributed by atoms with E-state index in [4.69, 9.17) is 5.73 Å². The minimum Gasteiger partial charge on any atom is -0.480 e. The number of amidine groups is 1. The van der Waals surface area contributed by atoms with Crippen LogP contribution in [0.1, 0.15) is 16.8 Å². The summed E-state index contributed by atoms with van der Waals surface area (Å²) in [6.07, 6.45) is -0.0324. The minimum atomic E-state index is -1.31. The standard InChI is InChI=1S/C16H19N3O4/c17-7-9-8-19(6-5-12(9)20)15-13(16(22)23)14(21)10-3-1-2-4-11(10)18-15/h1-4,9,12-13,20H,5-8,17H2,(H,22,23). The Kier molecular flexibility index (Phi) is 4.14. The summed E-state index contributed by atoms with van der Waals surface area (Å²) in [6.45, 7) is 1.15. The molecule has 23 heavy (non-hydrogen) atoms. The number of hydrogen-bond donors (Lipinski definition) is 3. The van der Waals surface area contributed by atoms with Crippen molar-refractivity contribution < 1.29 is 19.8 Å². The van der Waals surface area contributed by atoms with Crippen molar-refractivity contribution in [2.24, 2.45) is 22.6 Å². The molecule has 1 aromatic carbocycles. The number of carboxylic acid groups (broad SMARTS) is 1. The third-order valence-corrected chi connectivity index (χ3v) is 4.49. The van der Waals surface area contributed by atoms with Crippen molar-refractivity contribution in [1.82, 2.24) is 4.90 Å². The van der Waals surface area contributed by atoms with Crippen molar-refractivity contribution in [3.05, 3.63) is 29.8 Å². The highest BCUT2D eigenvalue weighted by Crippen LogP contribution is 2.31. The van der Waals surface area contributed by atoms with E-state index in [1.165, 1.54) is 0 Å². The van der Waals surface area contributed by atoms with Crippen LogP contribution in [0.25, 0.3) is 0 Å². The molecule has 0 saturated carbocycles. The fourth-order valence-corrected chi connectivity index (χ4v) is 3.18. The molecule has 4 N–H and O–H groups in total. The third kappa shape index (κ3) is 2.73. The topological polar surface area (TPSA) is 116 Å². The summed E-state index contributed by atoms with van der Waals surface area (Å²) < 4.78 is 0. The van der Waals surface area contributed by atoms with Crippen LogP contribution in [0.15, 0.2) is 29.3 Å². The first-order valence-electron chi connectivity index (χ1n) is 7.60. The van der Waals surface area contributed by atoms with E-state index in [0.717, 1.165) is 0 Å². The monoisotopic (exact) mass is 317 g/mol. The fourth-order valence-electron chi connectivity index (χ4n) is 3.18. The Morgan fingerprint density at radius 1 is 1.39 bits per heavy atom. The third-order valence-electron chi connectivity index (χ3n) is 4.49. The molecule has 0 aliphatic carbocycles. The van der Waals surface area contributed by atoms with Gasteiger partial charge in [-0.3, -0.25) is 9.59 Å². The second-order valence-electron chi connectivity index (χ2n) is 5.92. The Bertz CT molecular complexity index is 673. The van der Waals surface area contributed by atoms with Gasteiger partial charge in [0.15, 0.2) is 11.7 Å². The summed E-state index contributed by atoms with van der Waals surface area (Å²) in [4.78, 5) is 30.4. The molecule has 0 spiro atoms. The zero-order valence-corrected chi connectivity index (χ0v) is 12.6. The smallest absolute Gasteiger partial charge is 0.322 e. The lowest BCUT2D eigenvalue weighted by Crippen LogP contribution is -2.53. The summed E-state index contributed by atoms with van der Waals surface area (Å²) in [5, 5.41) is 19.4. The van der Waals surface area contributed by atoms with Gasteiger partial charge in [0.1, 0.15) is 5.84 Å². The van der Waals surface area contributed by atoms with Crippen molar-refractivity contribution >= 4 is 23.3 Å². The van der Waals surface area contributed by atoms with E-state index in [2.05, 4.69) is 4.99 Å². The Morgan fingerprint density at radius 2 is 2.13 bits per heavy atom. The molecule has 0 aromatic heterocycles. The second-order valence-corrected chi connectivity index (χ2v) is 5.92. The average molecular weight is 317 g/mol. The van der Waals surface area contributed by atoms with Crippen LogP contribution in [0, 0.1) is 11.8 Å². The number of rotatable bonds is 2. The van der Waals surface area contributed by atoms with E-state index in [1.807, 2.05) is 0 Å². The highest BCUT2D eigenvalue weighted by molar-refractivity contribution is 6.26. The molecule has 2 aliphatic rings. The van der Waals surface area contributed by atoms with Crippen LogP contribution in [0.2, 0.25) is 0 Å². The number of ketones is 1. The van der Waals surface area contributed by atoms with Crippen LogP contribution < -0.4 is 5.73 Å². The molecule has 1 fully saturated rings. The number of piperidine rings is 1. The van der Waals surface area contributed by atoms with Crippen LogP contribution in [0.4, 0.5) is 5.69 Å². The molecule has 1 saturated heterocycles. The quantitative estimate of drug-likeness (QED) is 0.674. The number of likely N-dealkylation sites (tertiary alicyclic amines) is 1. The average Bonchev–Trinajstić information content (AvgIpc) is 2.55. The molecule has 3 unspecified atom stereocenters. The van der Waals surface area contributed by atoms with Gasteiger partial charge in [-0.15, -0.1) is 0 Å². The van der Waals surface area contributed by atoms with E-state index in [-0.39, 0.29) is 11.8 Å². The first-order chi connectivity index (χ1) is 11.0. The van der Waals surface area contributed by atoms with Crippen molar-refractivity contribution in [2.75, 3.05) is 19.6 Å². The van der Waals surface area contributed by atoms with E-state index in [9.17, 15) is 19.8 Å². The summed E-state index contributed by atoms with van der Waals surface area (Å²) in [7, 11) is 0. The fraction of sp³-hybridized carbons (Fsp3) is 0.438. The number of carboxylic acids is 1. The number of para-hydroxylation sites is 1. The number of aliphatic hydroxyl groups is 1. The number of Topliss-reactive ketones (excluding diaryl/α,β-unsaturated/α-hetero) is 1. The molecular formula is C16H19N3O4. The Morgan fingerprint density at radius 3 is 2.83 bits per heavy atom. The van der Waals surface area contributed by atoms with Gasteiger partial charge in [-0.1, -0.05) is 12.1 Å². The molecule has 1 aromatic rings. The normalized spacial score (nSPS) is 27.4. The van der Waals surface area contributed by atoms with Gasteiger partial charge in [-0.25, -0.2) is 4.99 Å². The maximum Gasteiger partial charge on any atom is 0.322 e. The number of benzene rings is 1. The van der Waals surface area contributed by atoms with Crippen molar-refractivity contribution in [1.29, 1.82) is 0 Å². The maximum atomic E-state index is 12.6. The molecule has 0 bridgehead atoms. The molecule has 122 valence electrons. The molecular weight excluding hydrogens is 298 g/mol. The molecule has 3 atom stereocenters. The zero-order valence-electron chi connectivity index (χ0n) is 12.6. The van der Waals surface area contributed by atoms with Gasteiger partial charge in [-0.05, 0) is 25.1 Å². The maximum absolute atomic E-state index is 12.6. The number of carbonyl (C=O) groups is 2.